The number of nitrogens with zero attached hydrogens (tertiary/aromatic N) is 2. The van der Waals surface area contributed by atoms with Crippen LogP contribution in [0.2, 0.25) is 0 Å². The van der Waals surface area contributed by atoms with Gasteiger partial charge in [0, 0.05) is 15.7 Å². The molecule has 0 fully saturated rings. The van der Waals surface area contributed by atoms with Gasteiger partial charge in [0.2, 0.25) is 0 Å². The molecule has 0 aliphatic rings. The van der Waals surface area contributed by atoms with Crippen molar-refractivity contribution in [2.24, 2.45) is 5.73 Å². The molecule has 0 spiro atoms. The molecule has 0 aliphatic heterocycles. The fourth-order valence-electron chi connectivity index (χ4n) is 1.99. The van der Waals surface area contributed by atoms with Crippen LogP contribution in [0.3, 0.4) is 0 Å². The number of halogens is 1. The van der Waals surface area contributed by atoms with E-state index in [0.717, 1.165) is 26.9 Å². The van der Waals surface area contributed by atoms with Crippen molar-refractivity contribution >= 4 is 11.6 Å². The predicted octanol–water partition coefficient (Wildman–Crippen LogP) is 4.67. The van der Waals surface area contributed by atoms with Crippen LogP contribution < -0.4 is 57.1 Å². The molecule has 9 heteroatoms. The monoisotopic (exact) mass is 563 g/mol. The standard InChI is InChI=1S/2C8H10.C7H7Cl.2CH3NO2.CH5N.2CH4.K.H/c2*1-2-8-6-4-3-5-7-8;8-6-7-4-2-1-3-5-7;2*1-2(3)4;1-2;;;;/h2*3-7H,2H2,1H3;1-5H,6H2;2*1H3;2H2,1H3;2*1H4;;/q;;;;;;;;+1;-1. The zero-order chi connectivity index (χ0) is 26.6. The Balaban J connectivity index is -0.0000000623. The summed E-state index contributed by atoms with van der Waals surface area (Å²) in [6.07, 6.45) is 2.28. The second kappa shape index (κ2) is 38.9. The van der Waals surface area contributed by atoms with Crippen LogP contribution in [0.4, 0.5) is 0 Å². The molecule has 2 N–H and O–H groups in total. The Hall–Kier alpha value is -1.65. The van der Waals surface area contributed by atoms with Gasteiger partial charge in [-0.1, -0.05) is 120 Å². The van der Waals surface area contributed by atoms with Crippen LogP contribution in [0.1, 0.15) is 46.8 Å². The zero-order valence-corrected chi connectivity index (χ0v) is 25.6. The first-order chi connectivity index (χ1) is 16.3. The van der Waals surface area contributed by atoms with Gasteiger partial charge in [-0.2, -0.15) is 0 Å². The van der Waals surface area contributed by atoms with E-state index in [0.29, 0.717) is 5.88 Å². The van der Waals surface area contributed by atoms with Gasteiger partial charge in [-0.15, -0.1) is 11.6 Å². The van der Waals surface area contributed by atoms with Gasteiger partial charge in [-0.3, -0.25) is 20.2 Å². The number of aryl methyl sites for hydroxylation is 2. The number of hydrogen-bond acceptors (Lipinski definition) is 5. The third-order valence-corrected chi connectivity index (χ3v) is 3.81. The average Bonchev–Trinajstić information content (AvgIpc) is 2.87. The average molecular weight is 564 g/mol. The molecule has 0 unspecified atom stereocenters. The maximum Gasteiger partial charge on any atom is 1.00 e. The Kier molecular flexibility index (Phi) is 50.9. The molecule has 0 atom stereocenters. The van der Waals surface area contributed by atoms with E-state index >= 15 is 0 Å². The maximum atomic E-state index is 8.81. The molecule has 206 valence electrons. The van der Waals surface area contributed by atoms with Gasteiger partial charge < -0.3 is 7.16 Å². The molecular formula is C28H47ClKN3O4. The van der Waals surface area contributed by atoms with E-state index in [9.17, 15) is 0 Å². The van der Waals surface area contributed by atoms with Crippen LogP contribution >= 0.6 is 11.6 Å². The topological polar surface area (TPSA) is 112 Å². The van der Waals surface area contributed by atoms with Crippen LogP contribution in [0.25, 0.3) is 0 Å². The number of nitro groups is 2. The van der Waals surface area contributed by atoms with Crippen LogP contribution in [-0.2, 0) is 18.7 Å². The summed E-state index contributed by atoms with van der Waals surface area (Å²) in [5.41, 5.74) is 8.49. The predicted molar refractivity (Wildman–Crippen MR) is 158 cm³/mol. The van der Waals surface area contributed by atoms with Crippen LogP contribution in [0, 0.1) is 20.2 Å². The summed E-state index contributed by atoms with van der Waals surface area (Å²) >= 11 is 5.53. The fourth-order valence-corrected chi connectivity index (χ4v) is 2.17. The molecule has 3 aromatic carbocycles. The van der Waals surface area contributed by atoms with E-state index in [-0.39, 0.29) is 67.7 Å². The summed E-state index contributed by atoms with van der Waals surface area (Å²) in [6, 6.07) is 30.9. The van der Waals surface area contributed by atoms with Crippen molar-refractivity contribution in [3.8, 4) is 0 Å². The third-order valence-electron chi connectivity index (χ3n) is 3.50. The van der Waals surface area contributed by atoms with Gasteiger partial charge in [0.05, 0.1) is 0 Å². The first kappa shape index (κ1) is 48.4. The number of nitrogens with two attached hydrogens (primary N) is 1. The maximum absolute atomic E-state index is 8.81. The SMILES string of the molecule is C.C.CCc1ccccc1.CCc1ccccc1.CN.C[N+](=O)[O-].C[N+](=O)[O-].ClCc1ccccc1.[H-].[K+]. The summed E-state index contributed by atoms with van der Waals surface area (Å²) in [5, 5.41) is 17.6. The van der Waals surface area contributed by atoms with Crippen molar-refractivity contribution in [1.82, 2.24) is 0 Å². The summed E-state index contributed by atoms with van der Waals surface area (Å²) in [4.78, 5) is 16.6. The van der Waals surface area contributed by atoms with Crippen molar-refractivity contribution in [2.75, 3.05) is 21.1 Å². The Bertz CT molecular complexity index is 721. The normalized spacial score (nSPS) is 7.43. The van der Waals surface area contributed by atoms with Gasteiger partial charge in [0.1, 0.15) is 0 Å². The quantitative estimate of drug-likeness (QED) is 0.215. The van der Waals surface area contributed by atoms with E-state index in [1.54, 1.807) is 0 Å². The van der Waals surface area contributed by atoms with Crippen molar-refractivity contribution in [2.45, 2.75) is 47.4 Å². The molecular weight excluding hydrogens is 517 g/mol. The molecule has 0 bridgehead atoms. The molecule has 37 heavy (non-hydrogen) atoms. The first-order valence-electron chi connectivity index (χ1n) is 10.7. The molecule has 0 radical (unpaired) electrons. The van der Waals surface area contributed by atoms with Gasteiger partial charge in [-0.25, -0.2) is 0 Å². The summed E-state index contributed by atoms with van der Waals surface area (Å²) < 4.78 is 0. The van der Waals surface area contributed by atoms with Gasteiger partial charge in [0.25, 0.3) is 0 Å². The van der Waals surface area contributed by atoms with Gasteiger partial charge in [0.15, 0.2) is 14.1 Å². The Morgan fingerprint density at radius 3 is 0.946 bits per heavy atom. The number of hydrogen-bond donors (Lipinski definition) is 1. The third kappa shape index (κ3) is 44.7. The minimum Gasteiger partial charge on any atom is -1.00 e. The minimum absolute atomic E-state index is 0. The number of benzene rings is 3. The van der Waals surface area contributed by atoms with Crippen molar-refractivity contribution < 1.29 is 62.7 Å². The first-order valence-corrected chi connectivity index (χ1v) is 11.2. The second-order valence-electron chi connectivity index (χ2n) is 6.18. The molecule has 0 aliphatic carbocycles. The van der Waals surface area contributed by atoms with E-state index < -0.39 is 9.85 Å². The summed E-state index contributed by atoms with van der Waals surface area (Å²) in [6.45, 7) is 4.32. The number of alkyl halides is 1. The molecule has 0 saturated heterocycles. The molecule has 3 aromatic rings. The summed E-state index contributed by atoms with van der Waals surface area (Å²) in [5.74, 6) is 0.612. The van der Waals surface area contributed by atoms with Gasteiger partial charge in [-0.05, 0) is 36.6 Å². The molecule has 7 nitrogen and oxygen atoms in total. The van der Waals surface area contributed by atoms with Crippen molar-refractivity contribution in [3.63, 3.8) is 0 Å². The van der Waals surface area contributed by atoms with Crippen LogP contribution in [0.15, 0.2) is 91.0 Å². The van der Waals surface area contributed by atoms with E-state index in [2.05, 4.69) is 68.1 Å². The van der Waals surface area contributed by atoms with E-state index in [1.165, 1.54) is 23.7 Å². The van der Waals surface area contributed by atoms with Crippen LogP contribution in [0.5, 0.6) is 0 Å². The zero-order valence-electron chi connectivity index (χ0n) is 22.8. The Morgan fingerprint density at radius 2 is 0.838 bits per heavy atom. The largest absolute Gasteiger partial charge is 1.00 e. The molecule has 0 heterocycles. The summed E-state index contributed by atoms with van der Waals surface area (Å²) in [7, 11) is 3.28. The minimum atomic E-state index is -0.500. The van der Waals surface area contributed by atoms with E-state index in [1.807, 2.05) is 42.5 Å². The van der Waals surface area contributed by atoms with Gasteiger partial charge >= 0.3 is 51.4 Å². The molecule has 0 amide bonds. The van der Waals surface area contributed by atoms with Crippen molar-refractivity contribution in [3.05, 3.63) is 128 Å². The van der Waals surface area contributed by atoms with E-state index in [4.69, 9.17) is 31.8 Å². The molecule has 3 rings (SSSR count). The number of rotatable bonds is 3. The smallest absolute Gasteiger partial charge is 1.00 e. The second-order valence-corrected chi connectivity index (χ2v) is 6.44. The fraction of sp³-hybridized carbons (Fsp3) is 0.357. The Morgan fingerprint density at radius 1 is 0.649 bits per heavy atom. The molecule has 0 aromatic heterocycles. The Labute approximate surface area is 274 Å². The molecule has 0 saturated carbocycles. The van der Waals surface area contributed by atoms with Crippen molar-refractivity contribution in [1.29, 1.82) is 0 Å². The van der Waals surface area contributed by atoms with Crippen LogP contribution in [-0.4, -0.2) is 31.0 Å².